The van der Waals surface area contributed by atoms with Gasteiger partial charge in [-0.25, -0.2) is 9.59 Å². The number of aliphatic carboxylic acids is 1. The van der Waals surface area contributed by atoms with E-state index in [1.165, 1.54) is 0 Å². The molecule has 104 valence electrons. The van der Waals surface area contributed by atoms with Crippen LogP contribution < -0.4 is 10.6 Å². The highest BCUT2D eigenvalue weighted by molar-refractivity contribution is 5.75. The normalized spacial score (nSPS) is 25.2. The van der Waals surface area contributed by atoms with E-state index in [1.807, 2.05) is 6.92 Å². The molecule has 4 N–H and O–H groups in total. The van der Waals surface area contributed by atoms with Gasteiger partial charge in [-0.1, -0.05) is 0 Å². The number of aliphatic hydroxyl groups is 1. The van der Waals surface area contributed by atoms with Crippen molar-refractivity contribution < 1.29 is 24.5 Å². The quantitative estimate of drug-likeness (QED) is 0.542. The lowest BCUT2D eigenvalue weighted by Gasteiger charge is -2.34. The standard InChI is InChI=1S/C11H20N2O5/c1-11(4-2-6-18-7-11)13-10(17)12-5-3-8(14)9(15)16/h8,14H,2-7H2,1H3,(H,15,16)(H2,12,13,17)/t8-,11?/m0/s1. The fourth-order valence-electron chi connectivity index (χ4n) is 1.80. The first-order chi connectivity index (χ1) is 8.43. The summed E-state index contributed by atoms with van der Waals surface area (Å²) in [4.78, 5) is 21.9. The van der Waals surface area contributed by atoms with Crippen LogP contribution in [0.15, 0.2) is 0 Å². The molecule has 18 heavy (non-hydrogen) atoms. The monoisotopic (exact) mass is 260 g/mol. The maximum absolute atomic E-state index is 11.6. The van der Waals surface area contributed by atoms with Crippen LogP contribution in [0.25, 0.3) is 0 Å². The average Bonchev–Trinajstić information content (AvgIpc) is 2.28. The highest BCUT2D eigenvalue weighted by atomic mass is 16.5. The smallest absolute Gasteiger partial charge is 0.332 e. The van der Waals surface area contributed by atoms with Crippen molar-refractivity contribution >= 4 is 12.0 Å². The lowest BCUT2D eigenvalue weighted by molar-refractivity contribution is -0.146. The van der Waals surface area contributed by atoms with Gasteiger partial charge in [0.25, 0.3) is 0 Å². The molecule has 1 heterocycles. The van der Waals surface area contributed by atoms with Crippen LogP contribution in [-0.2, 0) is 9.53 Å². The van der Waals surface area contributed by atoms with Gasteiger partial charge in [0, 0.05) is 19.6 Å². The van der Waals surface area contributed by atoms with Gasteiger partial charge in [0.15, 0.2) is 6.10 Å². The van der Waals surface area contributed by atoms with Crippen LogP contribution in [0.5, 0.6) is 0 Å². The van der Waals surface area contributed by atoms with Gasteiger partial charge in [-0.3, -0.25) is 0 Å². The van der Waals surface area contributed by atoms with Gasteiger partial charge in [0.05, 0.1) is 12.1 Å². The van der Waals surface area contributed by atoms with Gasteiger partial charge in [0.1, 0.15) is 0 Å². The van der Waals surface area contributed by atoms with E-state index in [0.29, 0.717) is 13.2 Å². The molecule has 1 unspecified atom stereocenters. The molecule has 1 saturated heterocycles. The van der Waals surface area contributed by atoms with Crippen LogP contribution in [0.1, 0.15) is 26.2 Å². The molecular weight excluding hydrogens is 240 g/mol. The predicted octanol–water partition coefficient (Wildman–Crippen LogP) is -0.310. The summed E-state index contributed by atoms with van der Waals surface area (Å²) in [6, 6.07) is -0.374. The fraction of sp³-hybridized carbons (Fsp3) is 0.818. The summed E-state index contributed by atoms with van der Waals surface area (Å²) in [5.41, 5.74) is -0.381. The molecule has 0 aromatic carbocycles. The zero-order valence-corrected chi connectivity index (χ0v) is 10.4. The minimum atomic E-state index is -1.45. The summed E-state index contributed by atoms with van der Waals surface area (Å²) >= 11 is 0. The van der Waals surface area contributed by atoms with E-state index in [9.17, 15) is 9.59 Å². The zero-order chi connectivity index (χ0) is 13.6. The highest BCUT2D eigenvalue weighted by Gasteiger charge is 2.29. The van der Waals surface area contributed by atoms with E-state index in [4.69, 9.17) is 14.9 Å². The number of carbonyl (C=O) groups excluding carboxylic acids is 1. The number of amides is 2. The number of hydrogen-bond donors (Lipinski definition) is 4. The Labute approximate surface area is 106 Å². The fourth-order valence-corrected chi connectivity index (χ4v) is 1.80. The Bertz CT molecular complexity index is 302. The van der Waals surface area contributed by atoms with Crippen LogP contribution in [-0.4, -0.2) is 53.6 Å². The molecule has 7 heteroatoms. The number of carbonyl (C=O) groups is 2. The van der Waals surface area contributed by atoms with E-state index in [1.54, 1.807) is 0 Å². The van der Waals surface area contributed by atoms with E-state index < -0.39 is 12.1 Å². The SMILES string of the molecule is CC1(NC(=O)NCC[C@H](O)C(=O)O)CCCOC1. The third-order valence-electron chi connectivity index (χ3n) is 2.84. The van der Waals surface area contributed by atoms with Gasteiger partial charge < -0.3 is 25.6 Å². The number of carboxylic acids is 1. The Balaban J connectivity index is 2.22. The number of rotatable bonds is 5. The minimum Gasteiger partial charge on any atom is -0.479 e. The number of nitrogens with one attached hydrogen (secondary N) is 2. The van der Waals surface area contributed by atoms with E-state index >= 15 is 0 Å². The number of urea groups is 1. The van der Waals surface area contributed by atoms with Crippen molar-refractivity contribution in [2.45, 2.75) is 37.8 Å². The van der Waals surface area contributed by atoms with Crippen LogP contribution in [0, 0.1) is 0 Å². The third-order valence-corrected chi connectivity index (χ3v) is 2.84. The van der Waals surface area contributed by atoms with Crippen molar-refractivity contribution in [3.63, 3.8) is 0 Å². The first kappa shape index (κ1) is 14.7. The Morgan fingerprint density at radius 1 is 1.50 bits per heavy atom. The highest BCUT2D eigenvalue weighted by Crippen LogP contribution is 2.17. The maximum Gasteiger partial charge on any atom is 0.332 e. The Kier molecular flexibility index (Phi) is 5.36. The van der Waals surface area contributed by atoms with Crippen molar-refractivity contribution in [1.29, 1.82) is 0 Å². The van der Waals surface area contributed by atoms with E-state index in [0.717, 1.165) is 12.8 Å². The lowest BCUT2D eigenvalue weighted by Crippen LogP contribution is -2.54. The topological polar surface area (TPSA) is 108 Å². The summed E-state index contributed by atoms with van der Waals surface area (Å²) < 4.78 is 5.30. The number of hydrogen-bond acceptors (Lipinski definition) is 4. The molecule has 0 radical (unpaired) electrons. The molecule has 0 aromatic heterocycles. The van der Waals surface area contributed by atoms with Crippen molar-refractivity contribution in [1.82, 2.24) is 10.6 Å². The van der Waals surface area contributed by atoms with Gasteiger partial charge in [-0.05, 0) is 19.8 Å². The first-order valence-corrected chi connectivity index (χ1v) is 5.97. The molecule has 7 nitrogen and oxygen atoms in total. The average molecular weight is 260 g/mol. The second-order valence-corrected chi connectivity index (χ2v) is 4.74. The van der Waals surface area contributed by atoms with Crippen molar-refractivity contribution in [3.8, 4) is 0 Å². The van der Waals surface area contributed by atoms with Crippen molar-refractivity contribution in [3.05, 3.63) is 0 Å². The number of ether oxygens (including phenoxy) is 1. The van der Waals surface area contributed by atoms with Gasteiger partial charge in [-0.2, -0.15) is 0 Å². The summed E-state index contributed by atoms with van der Waals surface area (Å²) in [6.45, 7) is 3.19. The summed E-state index contributed by atoms with van der Waals surface area (Å²) in [7, 11) is 0. The Morgan fingerprint density at radius 2 is 2.22 bits per heavy atom. The number of aliphatic hydroxyl groups excluding tert-OH is 1. The molecule has 1 rings (SSSR count). The number of carboxylic acid groups (broad SMARTS) is 1. The predicted molar refractivity (Wildman–Crippen MR) is 63.3 cm³/mol. The largest absolute Gasteiger partial charge is 0.479 e. The maximum atomic E-state index is 11.6. The molecular formula is C11H20N2O5. The Morgan fingerprint density at radius 3 is 2.78 bits per heavy atom. The van der Waals surface area contributed by atoms with E-state index in [-0.39, 0.29) is 24.5 Å². The van der Waals surface area contributed by atoms with Crippen LogP contribution in [0.2, 0.25) is 0 Å². The molecule has 1 aliphatic rings. The van der Waals surface area contributed by atoms with E-state index in [2.05, 4.69) is 10.6 Å². The van der Waals surface area contributed by atoms with Crippen LogP contribution >= 0.6 is 0 Å². The van der Waals surface area contributed by atoms with Gasteiger partial charge in [-0.15, -0.1) is 0 Å². The minimum absolute atomic E-state index is 0.0179. The molecule has 1 aliphatic heterocycles. The second-order valence-electron chi connectivity index (χ2n) is 4.74. The molecule has 2 amide bonds. The molecule has 0 bridgehead atoms. The third kappa shape index (κ3) is 4.89. The Hall–Kier alpha value is -1.34. The first-order valence-electron chi connectivity index (χ1n) is 5.97. The molecule has 1 fully saturated rings. The zero-order valence-electron chi connectivity index (χ0n) is 10.4. The van der Waals surface area contributed by atoms with Gasteiger partial charge >= 0.3 is 12.0 Å². The summed E-state index contributed by atoms with van der Waals surface area (Å²) in [6.07, 6.45) is 0.279. The summed E-state index contributed by atoms with van der Waals surface area (Å²) in [5.74, 6) is -1.29. The van der Waals surface area contributed by atoms with Crippen molar-refractivity contribution in [2.75, 3.05) is 19.8 Å². The van der Waals surface area contributed by atoms with Gasteiger partial charge in [0.2, 0.25) is 0 Å². The molecule has 0 aliphatic carbocycles. The van der Waals surface area contributed by atoms with Crippen LogP contribution in [0.4, 0.5) is 4.79 Å². The molecule has 0 aromatic rings. The summed E-state index contributed by atoms with van der Waals surface area (Å²) in [5, 5.41) is 22.8. The molecule has 0 spiro atoms. The van der Waals surface area contributed by atoms with Crippen molar-refractivity contribution in [2.24, 2.45) is 0 Å². The molecule has 2 atom stereocenters. The second kappa shape index (κ2) is 6.55. The van der Waals surface area contributed by atoms with Crippen LogP contribution in [0.3, 0.4) is 0 Å². The molecule has 0 saturated carbocycles. The lowest BCUT2D eigenvalue weighted by atomic mass is 9.95.